The number of hydrogen-bond acceptors (Lipinski definition) is 2. The molecule has 0 saturated heterocycles. The van der Waals surface area contributed by atoms with Gasteiger partial charge in [-0.2, -0.15) is 0 Å². The van der Waals surface area contributed by atoms with Crippen LogP contribution in [0.3, 0.4) is 0 Å². The van der Waals surface area contributed by atoms with Crippen molar-refractivity contribution in [2.75, 3.05) is 18.4 Å². The maximum Gasteiger partial charge on any atom is 0.315 e. The second-order valence-electron chi connectivity index (χ2n) is 4.71. The van der Waals surface area contributed by atoms with Crippen LogP contribution in [0, 0.1) is 5.92 Å². The first-order valence-corrected chi connectivity index (χ1v) is 6.44. The van der Waals surface area contributed by atoms with Crippen LogP contribution in [0.2, 0.25) is 0 Å². The van der Waals surface area contributed by atoms with Crippen LogP contribution < -0.4 is 16.0 Å². The van der Waals surface area contributed by atoms with E-state index in [0.29, 0.717) is 12.5 Å². The van der Waals surface area contributed by atoms with Crippen LogP contribution in [-0.4, -0.2) is 25.0 Å². The molecule has 3 amide bonds. The molecular formula is C14H21N3O2. The van der Waals surface area contributed by atoms with Gasteiger partial charge in [0, 0.05) is 12.2 Å². The molecule has 0 aliphatic carbocycles. The van der Waals surface area contributed by atoms with E-state index in [1.165, 1.54) is 0 Å². The summed E-state index contributed by atoms with van der Waals surface area (Å²) in [6.45, 7) is 4.76. The first kappa shape index (κ1) is 15.0. The molecule has 1 aromatic rings. The van der Waals surface area contributed by atoms with Crippen molar-refractivity contribution in [3.63, 3.8) is 0 Å². The van der Waals surface area contributed by atoms with E-state index in [0.717, 1.165) is 12.1 Å². The van der Waals surface area contributed by atoms with Gasteiger partial charge in [0.1, 0.15) is 0 Å². The number of hydrogen-bond donors (Lipinski definition) is 3. The minimum Gasteiger partial charge on any atom is -0.338 e. The minimum atomic E-state index is -0.316. The Balaban J connectivity index is 2.18. The van der Waals surface area contributed by atoms with Gasteiger partial charge in [-0.25, -0.2) is 4.79 Å². The van der Waals surface area contributed by atoms with Gasteiger partial charge in [-0.1, -0.05) is 32.0 Å². The van der Waals surface area contributed by atoms with Crippen molar-refractivity contribution in [3.05, 3.63) is 30.3 Å². The predicted molar refractivity (Wildman–Crippen MR) is 75.9 cm³/mol. The van der Waals surface area contributed by atoms with Gasteiger partial charge in [0.2, 0.25) is 5.91 Å². The molecule has 0 fully saturated rings. The Labute approximate surface area is 113 Å². The van der Waals surface area contributed by atoms with E-state index in [9.17, 15) is 9.59 Å². The molecule has 19 heavy (non-hydrogen) atoms. The lowest BCUT2D eigenvalue weighted by Gasteiger charge is -2.09. The lowest BCUT2D eigenvalue weighted by molar-refractivity contribution is -0.115. The molecular weight excluding hydrogens is 242 g/mol. The highest BCUT2D eigenvalue weighted by atomic mass is 16.2. The zero-order valence-electron chi connectivity index (χ0n) is 11.4. The van der Waals surface area contributed by atoms with Crippen molar-refractivity contribution >= 4 is 17.6 Å². The highest BCUT2D eigenvalue weighted by Crippen LogP contribution is 2.03. The number of carbonyl (C=O) groups is 2. The van der Waals surface area contributed by atoms with Crippen molar-refractivity contribution < 1.29 is 9.59 Å². The van der Waals surface area contributed by atoms with E-state index in [2.05, 4.69) is 29.8 Å². The van der Waals surface area contributed by atoms with Gasteiger partial charge >= 0.3 is 6.03 Å². The van der Waals surface area contributed by atoms with Crippen LogP contribution >= 0.6 is 0 Å². The van der Waals surface area contributed by atoms with Crippen LogP contribution in [0.5, 0.6) is 0 Å². The fraction of sp³-hybridized carbons (Fsp3) is 0.429. The normalized spacial score (nSPS) is 10.1. The third kappa shape index (κ3) is 7.08. The summed E-state index contributed by atoms with van der Waals surface area (Å²) >= 11 is 0. The van der Waals surface area contributed by atoms with E-state index in [1.807, 2.05) is 18.2 Å². The molecule has 0 radical (unpaired) electrons. The summed E-state index contributed by atoms with van der Waals surface area (Å²) < 4.78 is 0. The van der Waals surface area contributed by atoms with Crippen LogP contribution in [0.15, 0.2) is 30.3 Å². The van der Waals surface area contributed by atoms with E-state index in [4.69, 9.17) is 0 Å². The molecule has 0 aromatic heterocycles. The Hall–Kier alpha value is -2.04. The molecule has 5 heteroatoms. The average Bonchev–Trinajstić information content (AvgIpc) is 2.37. The molecule has 0 aliphatic rings. The van der Waals surface area contributed by atoms with Crippen molar-refractivity contribution in [3.8, 4) is 0 Å². The third-order valence-corrected chi connectivity index (χ3v) is 2.47. The molecule has 104 valence electrons. The van der Waals surface area contributed by atoms with Crippen LogP contribution in [0.25, 0.3) is 0 Å². The van der Waals surface area contributed by atoms with E-state index < -0.39 is 0 Å². The molecule has 0 aliphatic heterocycles. The van der Waals surface area contributed by atoms with Crippen LogP contribution in [0.4, 0.5) is 10.5 Å². The summed E-state index contributed by atoms with van der Waals surface area (Å²) in [5, 5.41) is 7.91. The van der Waals surface area contributed by atoms with Crippen molar-refractivity contribution in [2.24, 2.45) is 5.92 Å². The van der Waals surface area contributed by atoms with E-state index >= 15 is 0 Å². The zero-order valence-corrected chi connectivity index (χ0v) is 11.4. The number of rotatable bonds is 6. The SMILES string of the molecule is CC(C)CCNC(=O)NCC(=O)Nc1ccccc1. The van der Waals surface area contributed by atoms with Crippen molar-refractivity contribution in [1.29, 1.82) is 0 Å². The van der Waals surface area contributed by atoms with Gasteiger partial charge in [0.05, 0.1) is 6.54 Å². The molecule has 3 N–H and O–H groups in total. The highest BCUT2D eigenvalue weighted by molar-refractivity contribution is 5.94. The van der Waals surface area contributed by atoms with Gasteiger partial charge < -0.3 is 16.0 Å². The average molecular weight is 263 g/mol. The minimum absolute atomic E-state index is 0.0393. The maximum absolute atomic E-state index is 11.5. The Morgan fingerprint density at radius 3 is 2.42 bits per heavy atom. The lowest BCUT2D eigenvalue weighted by Crippen LogP contribution is -2.40. The smallest absolute Gasteiger partial charge is 0.315 e. The molecule has 0 heterocycles. The highest BCUT2D eigenvalue weighted by Gasteiger charge is 2.05. The number of benzene rings is 1. The summed E-state index contributed by atoms with van der Waals surface area (Å²) in [7, 11) is 0. The molecule has 1 rings (SSSR count). The molecule has 0 unspecified atom stereocenters. The Kier molecular flexibility index (Phi) is 6.43. The first-order valence-electron chi connectivity index (χ1n) is 6.44. The molecule has 1 aromatic carbocycles. The molecule has 0 saturated carbocycles. The number of anilines is 1. The predicted octanol–water partition coefficient (Wildman–Crippen LogP) is 1.97. The van der Waals surface area contributed by atoms with Crippen molar-refractivity contribution in [2.45, 2.75) is 20.3 Å². The zero-order chi connectivity index (χ0) is 14.1. The van der Waals surface area contributed by atoms with E-state index in [1.54, 1.807) is 12.1 Å². The number of amides is 3. The number of nitrogens with one attached hydrogen (secondary N) is 3. The summed E-state index contributed by atoms with van der Waals surface area (Å²) in [5.41, 5.74) is 0.717. The summed E-state index contributed by atoms with van der Waals surface area (Å²) in [6, 6.07) is 8.81. The van der Waals surface area contributed by atoms with Crippen LogP contribution in [0.1, 0.15) is 20.3 Å². The van der Waals surface area contributed by atoms with Gasteiger partial charge in [-0.15, -0.1) is 0 Å². The van der Waals surface area contributed by atoms with E-state index in [-0.39, 0.29) is 18.5 Å². The number of para-hydroxylation sites is 1. The number of carbonyl (C=O) groups excluding carboxylic acids is 2. The lowest BCUT2D eigenvalue weighted by atomic mass is 10.1. The fourth-order valence-corrected chi connectivity index (χ4v) is 1.42. The quantitative estimate of drug-likeness (QED) is 0.734. The molecule has 0 bridgehead atoms. The van der Waals surface area contributed by atoms with Crippen LogP contribution in [-0.2, 0) is 4.79 Å². The number of urea groups is 1. The van der Waals surface area contributed by atoms with Gasteiger partial charge in [0.25, 0.3) is 0 Å². The Bertz CT molecular complexity index is 404. The summed E-state index contributed by atoms with van der Waals surface area (Å²) in [4.78, 5) is 22.9. The Morgan fingerprint density at radius 2 is 1.79 bits per heavy atom. The molecule has 0 atom stereocenters. The molecule has 5 nitrogen and oxygen atoms in total. The first-order chi connectivity index (χ1) is 9.08. The standard InChI is InChI=1S/C14H21N3O2/c1-11(2)8-9-15-14(19)16-10-13(18)17-12-6-4-3-5-7-12/h3-7,11H,8-10H2,1-2H3,(H,17,18)(H2,15,16,19). The van der Waals surface area contributed by atoms with Gasteiger partial charge in [-0.05, 0) is 24.5 Å². The van der Waals surface area contributed by atoms with Gasteiger partial charge in [0.15, 0.2) is 0 Å². The third-order valence-electron chi connectivity index (χ3n) is 2.47. The Morgan fingerprint density at radius 1 is 1.11 bits per heavy atom. The maximum atomic E-state index is 11.5. The molecule has 0 spiro atoms. The van der Waals surface area contributed by atoms with Gasteiger partial charge in [-0.3, -0.25) is 4.79 Å². The monoisotopic (exact) mass is 263 g/mol. The second-order valence-corrected chi connectivity index (χ2v) is 4.71. The topological polar surface area (TPSA) is 70.2 Å². The summed E-state index contributed by atoms with van der Waals surface area (Å²) in [6.07, 6.45) is 0.920. The van der Waals surface area contributed by atoms with Crippen molar-refractivity contribution in [1.82, 2.24) is 10.6 Å². The fourth-order valence-electron chi connectivity index (χ4n) is 1.42. The summed E-state index contributed by atoms with van der Waals surface area (Å²) in [5.74, 6) is 0.298. The second kappa shape index (κ2) is 8.13. The largest absolute Gasteiger partial charge is 0.338 e.